The standard InChI is InChI=1S/C19H28N2/c1-6-15(3)17-14-21(19(4,5)7-2)18(13-20-17)16-11-9-8-10-12-16/h2,8-12,15,17-18,20H,6,13-14H2,1,3-5H3. The fourth-order valence-corrected chi connectivity index (χ4v) is 3.12. The minimum absolute atomic E-state index is 0.228. The minimum Gasteiger partial charge on any atom is -0.311 e. The lowest BCUT2D eigenvalue weighted by molar-refractivity contribution is 0.0489. The number of nitrogens with zero attached hydrogens (tertiary/aromatic N) is 1. The molecular formula is C19H28N2. The fraction of sp³-hybridized carbons (Fsp3) is 0.579. The second-order valence-electron chi connectivity index (χ2n) is 6.68. The molecule has 1 fully saturated rings. The summed E-state index contributed by atoms with van der Waals surface area (Å²) in [4.78, 5) is 2.50. The Morgan fingerprint density at radius 1 is 1.38 bits per heavy atom. The molecule has 1 aromatic rings. The molecule has 2 rings (SSSR count). The zero-order valence-corrected chi connectivity index (χ0v) is 13.8. The van der Waals surface area contributed by atoms with Crippen LogP contribution < -0.4 is 5.32 Å². The molecule has 0 saturated carbocycles. The van der Waals surface area contributed by atoms with E-state index in [-0.39, 0.29) is 5.54 Å². The summed E-state index contributed by atoms with van der Waals surface area (Å²) in [6.07, 6.45) is 7.01. The zero-order chi connectivity index (χ0) is 15.5. The average Bonchev–Trinajstić information content (AvgIpc) is 2.54. The molecular weight excluding hydrogens is 256 g/mol. The van der Waals surface area contributed by atoms with E-state index in [1.54, 1.807) is 0 Å². The summed E-state index contributed by atoms with van der Waals surface area (Å²) in [7, 11) is 0. The van der Waals surface area contributed by atoms with Crippen LogP contribution in [0.15, 0.2) is 30.3 Å². The third-order valence-electron chi connectivity index (χ3n) is 4.93. The number of piperazine rings is 1. The van der Waals surface area contributed by atoms with Crippen molar-refractivity contribution in [1.29, 1.82) is 0 Å². The molecule has 3 atom stereocenters. The van der Waals surface area contributed by atoms with Gasteiger partial charge in [0.1, 0.15) is 0 Å². The predicted molar refractivity (Wildman–Crippen MR) is 90.0 cm³/mol. The van der Waals surface area contributed by atoms with E-state index in [0.717, 1.165) is 13.1 Å². The highest BCUT2D eigenvalue weighted by Gasteiger charge is 2.38. The van der Waals surface area contributed by atoms with Crippen molar-refractivity contribution in [1.82, 2.24) is 10.2 Å². The van der Waals surface area contributed by atoms with Crippen LogP contribution in [0, 0.1) is 18.3 Å². The third-order valence-corrected chi connectivity index (χ3v) is 4.93. The van der Waals surface area contributed by atoms with E-state index in [1.165, 1.54) is 12.0 Å². The van der Waals surface area contributed by atoms with Gasteiger partial charge in [-0.3, -0.25) is 4.90 Å². The van der Waals surface area contributed by atoms with Gasteiger partial charge in [0.05, 0.1) is 5.54 Å². The molecule has 2 nitrogen and oxygen atoms in total. The van der Waals surface area contributed by atoms with Crippen LogP contribution in [0.1, 0.15) is 45.7 Å². The van der Waals surface area contributed by atoms with Crippen molar-refractivity contribution < 1.29 is 0 Å². The highest BCUT2D eigenvalue weighted by molar-refractivity contribution is 5.23. The van der Waals surface area contributed by atoms with Crippen LogP contribution in [0.25, 0.3) is 0 Å². The summed E-state index contributed by atoms with van der Waals surface area (Å²) in [6.45, 7) is 10.9. The van der Waals surface area contributed by atoms with E-state index in [1.807, 2.05) is 0 Å². The number of hydrogen-bond donors (Lipinski definition) is 1. The molecule has 21 heavy (non-hydrogen) atoms. The van der Waals surface area contributed by atoms with Gasteiger partial charge in [0, 0.05) is 25.2 Å². The molecule has 1 heterocycles. The molecule has 0 spiro atoms. The highest BCUT2D eigenvalue weighted by atomic mass is 15.3. The summed E-state index contributed by atoms with van der Waals surface area (Å²) in [5.41, 5.74) is 1.12. The normalized spacial score (nSPS) is 25.3. The number of nitrogens with one attached hydrogen (secondary N) is 1. The second kappa shape index (κ2) is 6.64. The van der Waals surface area contributed by atoms with Crippen molar-refractivity contribution in [2.24, 2.45) is 5.92 Å². The number of hydrogen-bond acceptors (Lipinski definition) is 2. The Labute approximate surface area is 129 Å². The zero-order valence-electron chi connectivity index (χ0n) is 13.8. The van der Waals surface area contributed by atoms with E-state index in [4.69, 9.17) is 6.42 Å². The molecule has 1 aromatic carbocycles. The first-order chi connectivity index (χ1) is 9.99. The van der Waals surface area contributed by atoms with Gasteiger partial charge in [-0.15, -0.1) is 6.42 Å². The van der Waals surface area contributed by atoms with Gasteiger partial charge in [0.15, 0.2) is 0 Å². The van der Waals surface area contributed by atoms with Crippen LogP contribution in [0.5, 0.6) is 0 Å². The van der Waals surface area contributed by atoms with Crippen LogP contribution in [0.2, 0.25) is 0 Å². The van der Waals surface area contributed by atoms with Crippen molar-refractivity contribution in [2.75, 3.05) is 13.1 Å². The van der Waals surface area contributed by atoms with Crippen molar-refractivity contribution in [3.63, 3.8) is 0 Å². The molecule has 0 bridgehead atoms. The lowest BCUT2D eigenvalue weighted by atomic mass is 9.89. The Morgan fingerprint density at radius 3 is 2.62 bits per heavy atom. The third kappa shape index (κ3) is 3.48. The molecule has 0 radical (unpaired) electrons. The van der Waals surface area contributed by atoms with E-state index >= 15 is 0 Å². The van der Waals surface area contributed by atoms with Crippen LogP contribution in [0.3, 0.4) is 0 Å². The van der Waals surface area contributed by atoms with E-state index < -0.39 is 0 Å². The molecule has 1 aliphatic rings. The Bertz CT molecular complexity index is 486. The first-order valence-corrected chi connectivity index (χ1v) is 8.02. The molecule has 114 valence electrons. The van der Waals surface area contributed by atoms with E-state index in [0.29, 0.717) is 18.0 Å². The highest BCUT2D eigenvalue weighted by Crippen LogP contribution is 2.32. The minimum atomic E-state index is -0.228. The van der Waals surface area contributed by atoms with Crippen LogP contribution in [0.4, 0.5) is 0 Å². The van der Waals surface area contributed by atoms with Crippen LogP contribution in [-0.2, 0) is 0 Å². The van der Waals surface area contributed by atoms with Crippen molar-refractivity contribution in [2.45, 2.75) is 51.7 Å². The van der Waals surface area contributed by atoms with Crippen molar-refractivity contribution in [3.8, 4) is 12.3 Å². The van der Waals surface area contributed by atoms with E-state index in [2.05, 4.69) is 74.2 Å². The topological polar surface area (TPSA) is 15.3 Å². The molecule has 1 aliphatic heterocycles. The van der Waals surface area contributed by atoms with Crippen LogP contribution >= 0.6 is 0 Å². The number of rotatable bonds is 4. The van der Waals surface area contributed by atoms with Gasteiger partial charge in [-0.05, 0) is 25.3 Å². The van der Waals surface area contributed by atoms with Gasteiger partial charge >= 0.3 is 0 Å². The molecule has 0 aliphatic carbocycles. The Kier molecular flexibility index (Phi) is 5.08. The molecule has 3 unspecified atom stereocenters. The second-order valence-corrected chi connectivity index (χ2v) is 6.68. The largest absolute Gasteiger partial charge is 0.311 e. The summed E-state index contributed by atoms with van der Waals surface area (Å²) >= 11 is 0. The van der Waals surface area contributed by atoms with Crippen molar-refractivity contribution in [3.05, 3.63) is 35.9 Å². The van der Waals surface area contributed by atoms with Gasteiger partial charge in [-0.1, -0.05) is 56.5 Å². The first kappa shape index (κ1) is 16.1. The number of terminal acetylenes is 1. The SMILES string of the molecule is C#CC(C)(C)N1CC(C(C)CC)NCC1c1ccccc1. The average molecular weight is 284 g/mol. The maximum absolute atomic E-state index is 5.82. The monoisotopic (exact) mass is 284 g/mol. The van der Waals surface area contributed by atoms with Gasteiger partial charge in [-0.25, -0.2) is 0 Å². The quantitative estimate of drug-likeness (QED) is 0.852. The summed E-state index contributed by atoms with van der Waals surface area (Å²) in [6, 6.07) is 11.6. The summed E-state index contributed by atoms with van der Waals surface area (Å²) in [5.74, 6) is 3.65. The smallest absolute Gasteiger partial charge is 0.0772 e. The van der Waals surface area contributed by atoms with Gasteiger partial charge in [-0.2, -0.15) is 0 Å². The molecule has 0 amide bonds. The van der Waals surface area contributed by atoms with Crippen molar-refractivity contribution >= 4 is 0 Å². The Hall–Kier alpha value is -1.30. The Balaban J connectivity index is 2.27. The first-order valence-electron chi connectivity index (χ1n) is 8.02. The summed E-state index contributed by atoms with van der Waals surface area (Å²) < 4.78 is 0. The fourth-order valence-electron chi connectivity index (χ4n) is 3.12. The molecule has 0 aromatic heterocycles. The predicted octanol–water partition coefficient (Wildman–Crippen LogP) is 3.46. The lowest BCUT2D eigenvalue weighted by Gasteiger charge is -2.48. The maximum Gasteiger partial charge on any atom is 0.0772 e. The summed E-state index contributed by atoms with van der Waals surface area (Å²) in [5, 5.41) is 3.73. The van der Waals surface area contributed by atoms with E-state index in [9.17, 15) is 0 Å². The van der Waals surface area contributed by atoms with Gasteiger partial charge < -0.3 is 5.32 Å². The Morgan fingerprint density at radius 2 is 2.05 bits per heavy atom. The van der Waals surface area contributed by atoms with Gasteiger partial charge in [0.2, 0.25) is 0 Å². The molecule has 2 heteroatoms. The van der Waals surface area contributed by atoms with Gasteiger partial charge in [0.25, 0.3) is 0 Å². The molecule has 1 saturated heterocycles. The maximum atomic E-state index is 5.82. The number of benzene rings is 1. The molecule has 1 N–H and O–H groups in total. The lowest BCUT2D eigenvalue weighted by Crippen LogP contribution is -2.60. The van der Waals surface area contributed by atoms with Crippen LogP contribution in [-0.4, -0.2) is 29.6 Å².